The molecular formula is C20H24N2O5. The van der Waals surface area contributed by atoms with Crippen LogP contribution < -0.4 is 5.32 Å². The highest BCUT2D eigenvalue weighted by Gasteiger charge is 2.51. The van der Waals surface area contributed by atoms with Crippen molar-refractivity contribution in [2.24, 2.45) is 5.41 Å². The first-order valence-electron chi connectivity index (χ1n) is 9.37. The van der Waals surface area contributed by atoms with Crippen molar-refractivity contribution >= 4 is 29.4 Å². The molecule has 1 aromatic rings. The highest BCUT2D eigenvalue weighted by molar-refractivity contribution is 6.10. The lowest BCUT2D eigenvalue weighted by Gasteiger charge is -2.30. The summed E-state index contributed by atoms with van der Waals surface area (Å²) in [7, 11) is 0. The second kappa shape index (κ2) is 7.90. The topological polar surface area (TPSA) is 92.8 Å². The molecule has 2 fully saturated rings. The fraction of sp³-hybridized carbons (Fsp3) is 0.500. The number of nitrogens with zero attached hydrogens (tertiary/aromatic N) is 1. The van der Waals surface area contributed by atoms with Crippen molar-refractivity contribution in [2.45, 2.75) is 45.4 Å². The van der Waals surface area contributed by atoms with Crippen molar-refractivity contribution < 1.29 is 23.9 Å². The van der Waals surface area contributed by atoms with Gasteiger partial charge in [-0.15, -0.1) is 0 Å². The third-order valence-electron chi connectivity index (χ3n) is 5.30. The van der Waals surface area contributed by atoms with E-state index >= 15 is 0 Å². The van der Waals surface area contributed by atoms with Crippen molar-refractivity contribution in [3.05, 3.63) is 29.8 Å². The summed E-state index contributed by atoms with van der Waals surface area (Å²) >= 11 is 0. The van der Waals surface area contributed by atoms with E-state index in [1.165, 1.54) is 0 Å². The summed E-state index contributed by atoms with van der Waals surface area (Å²) in [5.74, 6) is -1.58. The maximum Gasteiger partial charge on any atom is 0.340 e. The van der Waals surface area contributed by atoms with Crippen molar-refractivity contribution in [1.82, 2.24) is 4.90 Å². The van der Waals surface area contributed by atoms with Gasteiger partial charge in [0.2, 0.25) is 17.7 Å². The average molecular weight is 372 g/mol. The first-order valence-corrected chi connectivity index (χ1v) is 9.37. The van der Waals surface area contributed by atoms with E-state index in [2.05, 4.69) is 5.32 Å². The molecule has 3 rings (SSSR count). The number of esters is 1. The average Bonchev–Trinajstić information content (AvgIpc) is 2.87. The molecule has 1 heterocycles. The summed E-state index contributed by atoms with van der Waals surface area (Å²) in [6.45, 7) is 1.58. The standard InChI is InChI=1S/C20H24N2O5/c1-2-27-18(25)14-8-4-5-9-15(14)21-16(23)13-22-17(24)12-20(19(22)26)10-6-3-7-11-20/h4-5,8-9H,2-3,6-7,10-13H2,1H3,(H,21,23). The number of amides is 3. The van der Waals surface area contributed by atoms with Crippen molar-refractivity contribution in [3.63, 3.8) is 0 Å². The van der Waals surface area contributed by atoms with Crippen LogP contribution in [0.1, 0.15) is 55.8 Å². The second-order valence-electron chi connectivity index (χ2n) is 7.12. The molecule has 1 N–H and O–H groups in total. The van der Waals surface area contributed by atoms with Gasteiger partial charge in [0, 0.05) is 6.42 Å². The lowest BCUT2D eigenvalue weighted by Crippen LogP contribution is -2.41. The molecule has 0 radical (unpaired) electrons. The highest BCUT2D eigenvalue weighted by atomic mass is 16.5. The Morgan fingerprint density at radius 3 is 2.56 bits per heavy atom. The number of nitrogens with one attached hydrogen (secondary N) is 1. The number of rotatable bonds is 5. The van der Waals surface area contributed by atoms with Crippen LogP contribution in [0.25, 0.3) is 0 Å². The zero-order valence-electron chi connectivity index (χ0n) is 15.5. The third kappa shape index (κ3) is 3.86. The Bertz CT molecular complexity index is 767. The van der Waals surface area contributed by atoms with Gasteiger partial charge >= 0.3 is 5.97 Å². The Morgan fingerprint density at radius 1 is 1.15 bits per heavy atom. The summed E-state index contributed by atoms with van der Waals surface area (Å²) < 4.78 is 4.98. The van der Waals surface area contributed by atoms with Crippen molar-refractivity contribution in [1.29, 1.82) is 0 Å². The highest BCUT2D eigenvalue weighted by Crippen LogP contribution is 2.45. The molecule has 1 saturated heterocycles. The minimum Gasteiger partial charge on any atom is -0.462 e. The number of hydrogen-bond donors (Lipinski definition) is 1. The molecule has 0 bridgehead atoms. The third-order valence-corrected chi connectivity index (χ3v) is 5.30. The number of carbonyl (C=O) groups is 4. The molecule has 1 aliphatic heterocycles. The lowest BCUT2D eigenvalue weighted by atomic mass is 9.73. The number of para-hydroxylation sites is 1. The van der Waals surface area contributed by atoms with Crippen LogP contribution in [0.2, 0.25) is 0 Å². The van der Waals surface area contributed by atoms with Gasteiger partial charge < -0.3 is 10.1 Å². The van der Waals surface area contributed by atoms with Crippen LogP contribution in [0.3, 0.4) is 0 Å². The summed E-state index contributed by atoms with van der Waals surface area (Å²) in [5, 5.41) is 2.62. The summed E-state index contributed by atoms with van der Waals surface area (Å²) in [6.07, 6.45) is 4.56. The molecule has 1 spiro atoms. The smallest absolute Gasteiger partial charge is 0.340 e. The predicted octanol–water partition coefficient (Wildman–Crippen LogP) is 2.51. The van der Waals surface area contributed by atoms with E-state index in [0.29, 0.717) is 18.5 Å². The number of likely N-dealkylation sites (tertiary alicyclic amines) is 1. The van der Waals surface area contributed by atoms with Gasteiger partial charge in [-0.3, -0.25) is 19.3 Å². The second-order valence-corrected chi connectivity index (χ2v) is 7.12. The number of imide groups is 1. The van der Waals surface area contributed by atoms with Crippen LogP contribution in [0.4, 0.5) is 5.69 Å². The van der Waals surface area contributed by atoms with E-state index in [1.807, 2.05) is 0 Å². The number of anilines is 1. The van der Waals surface area contributed by atoms with Crippen LogP contribution in [-0.2, 0) is 19.1 Å². The molecule has 2 aliphatic rings. The fourth-order valence-electron chi connectivity index (χ4n) is 3.95. The predicted molar refractivity (Wildman–Crippen MR) is 97.9 cm³/mol. The molecular weight excluding hydrogens is 348 g/mol. The van der Waals surface area contributed by atoms with Crippen LogP contribution in [0.5, 0.6) is 0 Å². The SMILES string of the molecule is CCOC(=O)c1ccccc1NC(=O)CN1C(=O)CC2(CCCCC2)C1=O. The van der Waals surface area contributed by atoms with Gasteiger partial charge in [-0.2, -0.15) is 0 Å². The first-order chi connectivity index (χ1) is 13.0. The van der Waals surface area contributed by atoms with E-state index in [9.17, 15) is 19.2 Å². The Morgan fingerprint density at radius 2 is 1.85 bits per heavy atom. The van der Waals surface area contributed by atoms with Crippen LogP contribution in [-0.4, -0.2) is 41.7 Å². The minimum atomic E-state index is -0.613. The van der Waals surface area contributed by atoms with Gasteiger partial charge in [-0.25, -0.2) is 4.79 Å². The van der Waals surface area contributed by atoms with Crippen molar-refractivity contribution in [3.8, 4) is 0 Å². The van der Waals surface area contributed by atoms with Crippen LogP contribution >= 0.6 is 0 Å². The Hall–Kier alpha value is -2.70. The molecule has 0 aromatic heterocycles. The maximum absolute atomic E-state index is 12.8. The Kier molecular flexibility index (Phi) is 5.58. The van der Waals surface area contributed by atoms with Gasteiger partial charge in [0.1, 0.15) is 6.54 Å². The number of benzene rings is 1. The fourth-order valence-corrected chi connectivity index (χ4v) is 3.95. The van der Waals surface area contributed by atoms with E-state index in [1.54, 1.807) is 31.2 Å². The molecule has 7 heteroatoms. The van der Waals surface area contributed by atoms with Crippen LogP contribution in [0.15, 0.2) is 24.3 Å². The summed E-state index contributed by atoms with van der Waals surface area (Å²) in [5.41, 5.74) is -0.0821. The maximum atomic E-state index is 12.8. The molecule has 27 heavy (non-hydrogen) atoms. The van der Waals surface area contributed by atoms with Gasteiger partial charge in [-0.05, 0) is 31.9 Å². The van der Waals surface area contributed by atoms with Crippen LogP contribution in [0, 0.1) is 5.41 Å². The van der Waals surface area contributed by atoms with E-state index in [-0.39, 0.29) is 37.0 Å². The summed E-state index contributed by atoms with van der Waals surface area (Å²) in [4.78, 5) is 50.7. The van der Waals surface area contributed by atoms with E-state index < -0.39 is 17.3 Å². The van der Waals surface area contributed by atoms with E-state index in [0.717, 1.165) is 24.2 Å². The molecule has 144 valence electrons. The van der Waals surface area contributed by atoms with Gasteiger partial charge in [-0.1, -0.05) is 31.4 Å². The normalized spacial score (nSPS) is 18.6. The van der Waals surface area contributed by atoms with Gasteiger partial charge in [0.05, 0.1) is 23.3 Å². The zero-order chi connectivity index (χ0) is 19.4. The Labute approximate surface area is 158 Å². The largest absolute Gasteiger partial charge is 0.462 e. The minimum absolute atomic E-state index is 0.193. The number of carbonyl (C=O) groups excluding carboxylic acids is 4. The molecule has 1 aliphatic carbocycles. The first kappa shape index (κ1) is 19.1. The monoisotopic (exact) mass is 372 g/mol. The van der Waals surface area contributed by atoms with Gasteiger partial charge in [0.25, 0.3) is 0 Å². The molecule has 7 nitrogen and oxygen atoms in total. The molecule has 0 atom stereocenters. The van der Waals surface area contributed by atoms with Crippen molar-refractivity contribution in [2.75, 3.05) is 18.5 Å². The zero-order valence-corrected chi connectivity index (χ0v) is 15.5. The molecule has 3 amide bonds. The molecule has 0 unspecified atom stereocenters. The summed E-state index contributed by atoms with van der Waals surface area (Å²) in [6, 6.07) is 6.49. The Balaban J connectivity index is 1.69. The molecule has 1 aromatic carbocycles. The number of hydrogen-bond acceptors (Lipinski definition) is 5. The lowest BCUT2D eigenvalue weighted by molar-refractivity contribution is -0.144. The number of ether oxygens (including phenoxy) is 1. The quantitative estimate of drug-likeness (QED) is 0.633. The molecule has 1 saturated carbocycles. The van der Waals surface area contributed by atoms with E-state index in [4.69, 9.17) is 4.74 Å². The van der Waals surface area contributed by atoms with Gasteiger partial charge in [0.15, 0.2) is 0 Å².